The fourth-order valence-corrected chi connectivity index (χ4v) is 3.17. The van der Waals surface area contributed by atoms with Crippen LogP contribution >= 0.6 is 0 Å². The second-order valence-corrected chi connectivity index (χ2v) is 5.97. The summed E-state index contributed by atoms with van der Waals surface area (Å²) in [6, 6.07) is 9.16. The van der Waals surface area contributed by atoms with Gasteiger partial charge in [0.15, 0.2) is 11.5 Å². The van der Waals surface area contributed by atoms with Gasteiger partial charge in [0.25, 0.3) is 5.56 Å². The minimum Gasteiger partial charge on any atom is -0.454 e. The van der Waals surface area contributed by atoms with Gasteiger partial charge in [0.2, 0.25) is 12.7 Å². The van der Waals surface area contributed by atoms with Crippen molar-refractivity contribution in [3.8, 4) is 23.3 Å². The molecule has 0 amide bonds. The van der Waals surface area contributed by atoms with Crippen LogP contribution in [0.1, 0.15) is 22.7 Å². The highest BCUT2D eigenvalue weighted by atomic mass is 16.7. The molecular formula is C18H15N3O4. The van der Waals surface area contributed by atoms with Gasteiger partial charge < -0.3 is 24.5 Å². The molecule has 25 heavy (non-hydrogen) atoms. The number of hydrogen-bond donors (Lipinski definition) is 1. The maximum absolute atomic E-state index is 12.9. The van der Waals surface area contributed by atoms with Crippen molar-refractivity contribution < 1.29 is 14.2 Å². The van der Waals surface area contributed by atoms with E-state index in [0.29, 0.717) is 28.4 Å². The Bertz CT molecular complexity index is 1030. The number of hydrogen-bond acceptors (Lipinski definition) is 6. The highest BCUT2D eigenvalue weighted by molar-refractivity contribution is 5.57. The predicted octanol–water partition coefficient (Wildman–Crippen LogP) is 1.64. The number of nitrogens with zero attached hydrogens (tertiary/aromatic N) is 2. The summed E-state index contributed by atoms with van der Waals surface area (Å²) in [5.41, 5.74) is 7.77. The minimum absolute atomic E-state index is 0.00493. The van der Waals surface area contributed by atoms with Crippen molar-refractivity contribution in [2.45, 2.75) is 12.8 Å². The first-order chi connectivity index (χ1) is 12.0. The topological polar surface area (TPSA) is 99.5 Å². The smallest absolute Gasteiger partial charge is 0.258 e. The molecule has 3 heterocycles. The number of nitriles is 1. The fourth-order valence-electron chi connectivity index (χ4n) is 3.17. The molecule has 0 fully saturated rings. The van der Waals surface area contributed by atoms with Gasteiger partial charge in [-0.3, -0.25) is 4.79 Å². The lowest BCUT2D eigenvalue weighted by molar-refractivity contribution is 0.174. The van der Waals surface area contributed by atoms with E-state index in [4.69, 9.17) is 19.9 Å². The Kier molecular flexibility index (Phi) is 3.22. The number of allylic oxidation sites excluding steroid dienone is 1. The highest BCUT2D eigenvalue weighted by Gasteiger charge is 2.34. The second-order valence-electron chi connectivity index (χ2n) is 5.97. The molecule has 2 aliphatic heterocycles. The summed E-state index contributed by atoms with van der Waals surface area (Å²) in [6.07, 6.45) is 0. The SMILES string of the molecule is Cc1cc2c(c(=O)n1C)C(c1ccc3c(c1)OCO3)C(C#N)=C(N)O2. The quantitative estimate of drug-likeness (QED) is 0.849. The largest absolute Gasteiger partial charge is 0.454 e. The fraction of sp³-hybridized carbons (Fsp3) is 0.222. The Hall–Kier alpha value is -3.40. The summed E-state index contributed by atoms with van der Waals surface area (Å²) in [4.78, 5) is 12.9. The lowest BCUT2D eigenvalue weighted by Gasteiger charge is -2.26. The average Bonchev–Trinajstić information content (AvgIpc) is 3.06. The number of aryl methyl sites for hydroxylation is 1. The Labute approximate surface area is 143 Å². The van der Waals surface area contributed by atoms with Gasteiger partial charge in [0.05, 0.1) is 11.5 Å². The molecule has 1 atom stereocenters. The van der Waals surface area contributed by atoms with Crippen LogP contribution in [0.3, 0.4) is 0 Å². The summed E-state index contributed by atoms with van der Waals surface area (Å²) in [5.74, 6) is 0.960. The van der Waals surface area contributed by atoms with Crippen LogP contribution in [0.25, 0.3) is 0 Å². The van der Waals surface area contributed by atoms with Crippen LogP contribution in [-0.4, -0.2) is 11.4 Å². The van der Waals surface area contributed by atoms with Crippen LogP contribution in [0.4, 0.5) is 0 Å². The molecule has 1 aromatic heterocycles. The zero-order chi connectivity index (χ0) is 17.7. The van der Waals surface area contributed by atoms with Crippen LogP contribution in [-0.2, 0) is 7.05 Å². The van der Waals surface area contributed by atoms with E-state index < -0.39 is 5.92 Å². The second kappa shape index (κ2) is 5.31. The number of pyridine rings is 1. The Balaban J connectivity index is 1.99. The zero-order valence-electron chi connectivity index (χ0n) is 13.7. The number of ether oxygens (including phenoxy) is 3. The summed E-state index contributed by atoms with van der Waals surface area (Å²) in [7, 11) is 1.68. The lowest BCUT2D eigenvalue weighted by Crippen LogP contribution is -2.31. The van der Waals surface area contributed by atoms with Gasteiger partial charge in [-0.25, -0.2) is 0 Å². The first kappa shape index (κ1) is 15.1. The average molecular weight is 337 g/mol. The van der Waals surface area contributed by atoms with Gasteiger partial charge >= 0.3 is 0 Å². The van der Waals surface area contributed by atoms with Gasteiger partial charge in [-0.2, -0.15) is 5.26 Å². The van der Waals surface area contributed by atoms with Gasteiger partial charge in [0, 0.05) is 18.8 Å². The van der Waals surface area contributed by atoms with Crippen molar-refractivity contribution in [3.05, 3.63) is 62.9 Å². The normalized spacial score (nSPS) is 17.7. The van der Waals surface area contributed by atoms with Crippen molar-refractivity contribution in [3.63, 3.8) is 0 Å². The maximum atomic E-state index is 12.9. The van der Waals surface area contributed by atoms with Crippen molar-refractivity contribution >= 4 is 0 Å². The van der Waals surface area contributed by atoms with E-state index in [2.05, 4.69) is 6.07 Å². The van der Waals surface area contributed by atoms with E-state index in [1.54, 1.807) is 38.2 Å². The molecule has 126 valence electrons. The molecule has 2 aromatic rings. The van der Waals surface area contributed by atoms with Crippen molar-refractivity contribution in [1.29, 1.82) is 5.26 Å². The van der Waals surface area contributed by atoms with E-state index in [0.717, 1.165) is 5.69 Å². The summed E-state index contributed by atoms with van der Waals surface area (Å²) in [5, 5.41) is 9.59. The third-order valence-electron chi connectivity index (χ3n) is 4.58. The third kappa shape index (κ3) is 2.15. The summed E-state index contributed by atoms with van der Waals surface area (Å²) >= 11 is 0. The van der Waals surface area contributed by atoms with Crippen molar-refractivity contribution in [2.24, 2.45) is 12.8 Å². The van der Waals surface area contributed by atoms with Crippen molar-refractivity contribution in [2.75, 3.05) is 6.79 Å². The van der Waals surface area contributed by atoms with E-state index in [1.165, 1.54) is 4.57 Å². The van der Waals surface area contributed by atoms with E-state index in [1.807, 2.05) is 0 Å². The third-order valence-corrected chi connectivity index (χ3v) is 4.58. The molecule has 7 nitrogen and oxygen atoms in total. The highest BCUT2D eigenvalue weighted by Crippen LogP contribution is 2.43. The first-order valence-electron chi connectivity index (χ1n) is 7.69. The number of rotatable bonds is 1. The molecule has 7 heteroatoms. The molecule has 1 aromatic carbocycles. The van der Waals surface area contributed by atoms with E-state index in [-0.39, 0.29) is 23.8 Å². The molecule has 2 aliphatic rings. The number of aromatic nitrogens is 1. The molecule has 0 spiro atoms. The molecule has 0 saturated carbocycles. The Morgan fingerprint density at radius 2 is 2.00 bits per heavy atom. The molecule has 4 rings (SSSR count). The number of fused-ring (bicyclic) bond motifs is 2. The van der Waals surface area contributed by atoms with Crippen LogP contribution in [0.2, 0.25) is 0 Å². The predicted molar refractivity (Wildman–Crippen MR) is 88.3 cm³/mol. The van der Waals surface area contributed by atoms with Gasteiger partial charge in [0.1, 0.15) is 17.4 Å². The summed E-state index contributed by atoms with van der Waals surface area (Å²) in [6.45, 7) is 1.95. The monoisotopic (exact) mass is 337 g/mol. The van der Waals surface area contributed by atoms with Gasteiger partial charge in [-0.1, -0.05) is 6.07 Å². The van der Waals surface area contributed by atoms with Gasteiger partial charge in [-0.05, 0) is 24.6 Å². The van der Waals surface area contributed by atoms with Crippen LogP contribution < -0.4 is 25.5 Å². The van der Waals surface area contributed by atoms with E-state index >= 15 is 0 Å². The zero-order valence-corrected chi connectivity index (χ0v) is 13.7. The van der Waals surface area contributed by atoms with Gasteiger partial charge in [-0.15, -0.1) is 0 Å². The molecule has 0 bridgehead atoms. The first-order valence-corrected chi connectivity index (χ1v) is 7.69. The Morgan fingerprint density at radius 3 is 2.76 bits per heavy atom. The molecule has 0 radical (unpaired) electrons. The molecule has 2 N–H and O–H groups in total. The van der Waals surface area contributed by atoms with E-state index in [9.17, 15) is 10.1 Å². The minimum atomic E-state index is -0.623. The maximum Gasteiger partial charge on any atom is 0.258 e. The standard InChI is InChI=1S/C18H15N3O4/c1-9-5-14-16(18(22)21(9)2)15(11(7-19)17(20)25-14)10-3-4-12-13(6-10)24-8-23-12/h3-6,15H,8,20H2,1-2H3. The summed E-state index contributed by atoms with van der Waals surface area (Å²) < 4.78 is 17.8. The number of benzene rings is 1. The van der Waals surface area contributed by atoms with Crippen molar-refractivity contribution in [1.82, 2.24) is 4.57 Å². The molecule has 1 unspecified atom stereocenters. The molecule has 0 aliphatic carbocycles. The number of nitrogens with two attached hydrogens (primary N) is 1. The lowest BCUT2D eigenvalue weighted by atomic mass is 9.84. The van der Waals surface area contributed by atoms with Crippen LogP contribution in [0.15, 0.2) is 40.5 Å². The molecule has 0 saturated heterocycles. The molecular weight excluding hydrogens is 322 g/mol. The van der Waals surface area contributed by atoms with Crippen LogP contribution in [0, 0.1) is 18.3 Å². The Morgan fingerprint density at radius 1 is 1.24 bits per heavy atom. The van der Waals surface area contributed by atoms with Crippen LogP contribution in [0.5, 0.6) is 17.2 Å².